The third-order valence-electron chi connectivity index (χ3n) is 14.3. The molecule has 0 saturated heterocycles. The summed E-state index contributed by atoms with van der Waals surface area (Å²) in [5.74, 6) is 0.549. The van der Waals surface area contributed by atoms with Gasteiger partial charge in [-0.1, -0.05) is 158 Å². The van der Waals surface area contributed by atoms with Crippen LogP contribution in [0.15, 0.2) is 200 Å². The lowest BCUT2D eigenvalue weighted by Gasteiger charge is -2.33. The number of rotatable bonds is 7. The van der Waals surface area contributed by atoms with Gasteiger partial charge in [0.25, 0.3) is 0 Å². The Morgan fingerprint density at radius 1 is 0.516 bits per heavy atom. The molecule has 64 heavy (non-hydrogen) atoms. The van der Waals surface area contributed by atoms with Crippen LogP contribution in [0.25, 0.3) is 49.9 Å². The molecule has 2 heterocycles. The van der Waals surface area contributed by atoms with Gasteiger partial charge in [-0.05, 0) is 176 Å². The van der Waals surface area contributed by atoms with Crippen LogP contribution in [0.1, 0.15) is 65.5 Å². The number of hydrogen-bond donors (Lipinski definition) is 0. The molecule has 0 N–H and O–H groups in total. The first-order valence-corrected chi connectivity index (χ1v) is 23.5. The molecule has 0 fully saturated rings. The van der Waals surface area contributed by atoms with E-state index in [1.54, 1.807) is 0 Å². The number of allylic oxidation sites excluding steroid dienone is 6. The Morgan fingerprint density at radius 3 is 1.70 bits per heavy atom. The van der Waals surface area contributed by atoms with Crippen molar-refractivity contribution in [1.29, 1.82) is 0 Å². The van der Waals surface area contributed by atoms with Crippen LogP contribution in [-0.2, 0) is 12.8 Å². The number of hydrogen-bond acceptors (Lipinski definition) is 2. The number of fused-ring (bicyclic) bond motifs is 5. The van der Waals surface area contributed by atoms with Gasteiger partial charge in [-0.2, -0.15) is 0 Å². The van der Waals surface area contributed by atoms with E-state index in [1.807, 2.05) is 0 Å². The first kappa shape index (κ1) is 38.5. The third kappa shape index (κ3) is 6.99. The maximum Gasteiger partial charge on any atom is 0.0443 e. The van der Waals surface area contributed by atoms with Crippen LogP contribution in [0, 0.1) is 5.92 Å². The van der Waals surface area contributed by atoms with Crippen molar-refractivity contribution >= 4 is 61.5 Å². The monoisotopic (exact) mass is 824 g/mol. The predicted molar refractivity (Wildman–Crippen MR) is 273 cm³/mol. The van der Waals surface area contributed by atoms with Crippen LogP contribution in [0.5, 0.6) is 0 Å². The Kier molecular flexibility index (Phi) is 9.94. The zero-order chi connectivity index (χ0) is 42.4. The molecule has 8 aromatic rings. The fourth-order valence-corrected chi connectivity index (χ4v) is 11.2. The number of aryl methyl sites for hydroxylation is 2. The van der Waals surface area contributed by atoms with Gasteiger partial charge in [0, 0.05) is 35.8 Å². The first-order chi connectivity index (χ1) is 31.7. The van der Waals surface area contributed by atoms with E-state index < -0.39 is 0 Å². The minimum atomic E-state index is 0.549. The molecule has 8 aromatic carbocycles. The Hall–Kier alpha value is -7.16. The number of para-hydroxylation sites is 2. The van der Waals surface area contributed by atoms with Crippen molar-refractivity contribution in [1.82, 2.24) is 0 Å². The zero-order valence-corrected chi connectivity index (χ0v) is 36.4. The van der Waals surface area contributed by atoms with Gasteiger partial charge in [0.2, 0.25) is 0 Å². The Labute approximate surface area is 377 Å². The molecule has 2 aliphatic heterocycles. The van der Waals surface area contributed by atoms with E-state index in [9.17, 15) is 0 Å². The average molecular weight is 825 g/mol. The van der Waals surface area contributed by atoms with Crippen LogP contribution in [-0.4, -0.2) is 13.1 Å². The highest BCUT2D eigenvalue weighted by Crippen LogP contribution is 2.49. The van der Waals surface area contributed by atoms with Gasteiger partial charge in [-0.3, -0.25) is 0 Å². The number of benzene rings is 8. The van der Waals surface area contributed by atoms with Crippen molar-refractivity contribution in [3.05, 3.63) is 233 Å². The molecule has 4 aliphatic rings. The van der Waals surface area contributed by atoms with E-state index in [2.05, 4.69) is 210 Å². The minimum Gasteiger partial charge on any atom is -0.341 e. The normalized spacial score (nSPS) is 16.7. The van der Waals surface area contributed by atoms with Crippen molar-refractivity contribution in [2.45, 2.75) is 44.9 Å². The smallest absolute Gasteiger partial charge is 0.0443 e. The van der Waals surface area contributed by atoms with E-state index in [4.69, 9.17) is 0 Å². The molecule has 0 bridgehead atoms. The number of anilines is 4. The maximum atomic E-state index is 2.57. The molecule has 0 aromatic heterocycles. The standard InChI is InChI=1S/C62H52N2/c1-3-16-45(17-4-1)56(46-18-5-2-6-19-46)39-43-27-29-49(30-28-43)61-54-35-33-53(64-38-14-24-48-21-10-12-26-60(48)64)42-58(54)62(51-32-31-44-15-7-8-22-50(44)40-51)55-36-34-52(41-57(55)61)63-37-13-23-47-20-9-11-25-59(47)63/h1-7,9-12,15-21,25-36,39,41-42,50H,8,13-14,22-24,37-38,40H2. The van der Waals surface area contributed by atoms with Gasteiger partial charge < -0.3 is 9.80 Å². The summed E-state index contributed by atoms with van der Waals surface area (Å²) in [6, 6.07) is 63.8. The fraction of sp³-hybridized carbons (Fsp3) is 0.161. The molecule has 310 valence electrons. The summed E-state index contributed by atoms with van der Waals surface area (Å²) in [7, 11) is 0. The minimum absolute atomic E-state index is 0.549. The van der Waals surface area contributed by atoms with E-state index in [-0.39, 0.29) is 0 Å². The largest absolute Gasteiger partial charge is 0.341 e. The van der Waals surface area contributed by atoms with E-state index in [1.165, 1.54) is 112 Å². The van der Waals surface area contributed by atoms with Gasteiger partial charge in [-0.15, -0.1) is 0 Å². The van der Waals surface area contributed by atoms with Gasteiger partial charge in [0.1, 0.15) is 0 Å². The summed E-state index contributed by atoms with van der Waals surface area (Å²) in [4.78, 5) is 5.13. The van der Waals surface area contributed by atoms with Crippen LogP contribution in [0.3, 0.4) is 0 Å². The van der Waals surface area contributed by atoms with Crippen LogP contribution in [0.4, 0.5) is 22.7 Å². The van der Waals surface area contributed by atoms with Crippen molar-refractivity contribution in [2.75, 3.05) is 22.9 Å². The van der Waals surface area contributed by atoms with Crippen LogP contribution < -0.4 is 9.80 Å². The van der Waals surface area contributed by atoms with Crippen molar-refractivity contribution in [3.8, 4) is 11.1 Å². The molecule has 2 nitrogen and oxygen atoms in total. The highest BCUT2D eigenvalue weighted by molar-refractivity contribution is 6.20. The Balaban J connectivity index is 1.09. The van der Waals surface area contributed by atoms with Crippen molar-refractivity contribution in [3.63, 3.8) is 0 Å². The second-order valence-electron chi connectivity index (χ2n) is 18.1. The van der Waals surface area contributed by atoms with Crippen molar-refractivity contribution < 1.29 is 0 Å². The third-order valence-corrected chi connectivity index (χ3v) is 14.3. The summed E-state index contributed by atoms with van der Waals surface area (Å²) in [6.07, 6.45) is 19.9. The fourth-order valence-electron chi connectivity index (χ4n) is 11.2. The van der Waals surface area contributed by atoms with Gasteiger partial charge in [-0.25, -0.2) is 0 Å². The Bertz CT molecular complexity index is 3140. The van der Waals surface area contributed by atoms with Gasteiger partial charge >= 0.3 is 0 Å². The van der Waals surface area contributed by atoms with Gasteiger partial charge in [0.05, 0.1) is 0 Å². The maximum absolute atomic E-state index is 2.57. The molecule has 0 amide bonds. The topological polar surface area (TPSA) is 6.48 Å². The lowest BCUT2D eigenvalue weighted by molar-refractivity contribution is 0.573. The second-order valence-corrected chi connectivity index (χ2v) is 18.1. The van der Waals surface area contributed by atoms with E-state index >= 15 is 0 Å². The highest BCUT2D eigenvalue weighted by atomic mass is 15.1. The zero-order valence-electron chi connectivity index (χ0n) is 36.4. The predicted octanol–water partition coefficient (Wildman–Crippen LogP) is 16.1. The van der Waals surface area contributed by atoms with E-state index in [0.717, 1.165) is 51.6 Å². The lowest BCUT2D eigenvalue weighted by Crippen LogP contribution is -2.24. The van der Waals surface area contributed by atoms with Crippen LogP contribution in [0.2, 0.25) is 0 Å². The van der Waals surface area contributed by atoms with Gasteiger partial charge in [0.15, 0.2) is 0 Å². The summed E-state index contributed by atoms with van der Waals surface area (Å²) in [6.45, 7) is 2.03. The molecule has 0 radical (unpaired) electrons. The van der Waals surface area contributed by atoms with Crippen molar-refractivity contribution in [2.24, 2.45) is 5.92 Å². The quantitative estimate of drug-likeness (QED) is 0.117. The Morgan fingerprint density at radius 2 is 1.08 bits per heavy atom. The molecule has 2 aliphatic carbocycles. The summed E-state index contributed by atoms with van der Waals surface area (Å²) < 4.78 is 0. The molecule has 0 saturated carbocycles. The van der Waals surface area contributed by atoms with E-state index in [0.29, 0.717) is 5.92 Å². The molecule has 0 spiro atoms. The van der Waals surface area contributed by atoms with Crippen LogP contribution >= 0.6 is 0 Å². The highest BCUT2D eigenvalue weighted by Gasteiger charge is 2.27. The first-order valence-electron chi connectivity index (χ1n) is 23.5. The molecule has 12 rings (SSSR count). The average Bonchev–Trinajstić information content (AvgIpc) is 3.37. The number of nitrogens with zero attached hydrogens (tertiary/aromatic N) is 2. The second kappa shape index (κ2) is 16.5. The molecular weight excluding hydrogens is 773 g/mol. The lowest BCUT2D eigenvalue weighted by atomic mass is 9.76. The summed E-state index contributed by atoms with van der Waals surface area (Å²) in [5.41, 5.74) is 19.8. The molecular formula is C62H52N2. The SMILES string of the molecule is C1=CC2=CC=C(c3c4cc(N5CCCc6ccccc65)ccc4c(-c4ccc(C=C(c5ccccc5)c5ccccc5)cc4)c4cc(N5CCCc6ccccc65)ccc34)CC2CC1. The molecule has 2 heteroatoms. The summed E-state index contributed by atoms with van der Waals surface area (Å²) in [5, 5.41) is 5.30. The molecule has 1 unspecified atom stereocenters. The summed E-state index contributed by atoms with van der Waals surface area (Å²) >= 11 is 0. The molecule has 1 atom stereocenters.